The molecular formula is C12H12ClN3O2S. The molecule has 0 N–H and O–H groups in total. The zero-order valence-electron chi connectivity index (χ0n) is 10.3. The lowest BCUT2D eigenvalue weighted by Crippen LogP contribution is -2.26. The van der Waals surface area contributed by atoms with Crippen molar-refractivity contribution in [3.05, 3.63) is 34.9 Å². The van der Waals surface area contributed by atoms with Gasteiger partial charge in [-0.05, 0) is 23.7 Å². The number of furan rings is 1. The summed E-state index contributed by atoms with van der Waals surface area (Å²) in [4.78, 5) is 1.98. The topological polar surface area (TPSA) is 62.3 Å². The fraction of sp³-hybridized carbons (Fsp3) is 0.333. The summed E-state index contributed by atoms with van der Waals surface area (Å²) in [6, 6.07) is 5.79. The molecule has 0 saturated heterocycles. The Balaban J connectivity index is 2.23. The first-order valence-electron chi connectivity index (χ1n) is 5.57. The summed E-state index contributed by atoms with van der Waals surface area (Å²) in [5.74, 6) is 0.810. The number of hydrogen-bond donors (Lipinski definition) is 0. The van der Waals surface area contributed by atoms with Crippen LogP contribution in [0.25, 0.3) is 0 Å². The molecule has 0 atom stereocenters. The number of nitrogens with zero attached hydrogens (tertiary/aromatic N) is 3. The van der Waals surface area contributed by atoms with Crippen molar-refractivity contribution in [1.82, 2.24) is 4.37 Å². The number of aromatic nitrogens is 1. The van der Waals surface area contributed by atoms with E-state index in [2.05, 4.69) is 10.4 Å². The van der Waals surface area contributed by atoms with E-state index in [1.165, 1.54) is 11.5 Å². The van der Waals surface area contributed by atoms with Crippen molar-refractivity contribution in [2.45, 2.75) is 6.54 Å². The van der Waals surface area contributed by atoms with Crippen LogP contribution in [0.5, 0.6) is 0 Å². The van der Waals surface area contributed by atoms with Gasteiger partial charge in [-0.15, -0.1) is 0 Å². The highest BCUT2D eigenvalue weighted by molar-refractivity contribution is 7.10. The van der Waals surface area contributed by atoms with E-state index in [0.29, 0.717) is 25.3 Å². The minimum atomic E-state index is 0.240. The number of halogens is 1. The summed E-state index contributed by atoms with van der Waals surface area (Å²) < 4.78 is 14.4. The molecule has 2 rings (SSSR count). The Labute approximate surface area is 120 Å². The Morgan fingerprint density at radius 2 is 2.47 bits per heavy atom. The highest BCUT2D eigenvalue weighted by Crippen LogP contribution is 2.32. The average Bonchev–Trinajstić information content (AvgIpc) is 3.03. The number of nitriles is 1. The second-order valence-corrected chi connectivity index (χ2v) is 4.87. The molecule has 7 heteroatoms. The first-order chi connectivity index (χ1) is 9.26. The van der Waals surface area contributed by atoms with Gasteiger partial charge in [-0.25, -0.2) is 0 Å². The highest BCUT2D eigenvalue weighted by Gasteiger charge is 2.19. The van der Waals surface area contributed by atoms with Gasteiger partial charge in [0.2, 0.25) is 0 Å². The summed E-state index contributed by atoms with van der Waals surface area (Å²) in [6.07, 6.45) is 1.62. The Hall–Kier alpha value is -1.55. The van der Waals surface area contributed by atoms with Crippen molar-refractivity contribution >= 4 is 28.1 Å². The van der Waals surface area contributed by atoms with E-state index in [1.54, 1.807) is 13.4 Å². The molecule has 0 aliphatic heterocycles. The third-order valence-electron chi connectivity index (χ3n) is 2.52. The van der Waals surface area contributed by atoms with Crippen LogP contribution in [0.3, 0.4) is 0 Å². The number of anilines is 1. The number of ether oxygens (including phenoxy) is 1. The summed E-state index contributed by atoms with van der Waals surface area (Å²) in [5, 5.41) is 10.1. The van der Waals surface area contributed by atoms with Crippen molar-refractivity contribution < 1.29 is 9.15 Å². The van der Waals surface area contributed by atoms with Crippen molar-refractivity contribution in [1.29, 1.82) is 5.26 Å². The molecule has 0 radical (unpaired) electrons. The van der Waals surface area contributed by atoms with E-state index in [9.17, 15) is 0 Å². The molecule has 2 aromatic heterocycles. The van der Waals surface area contributed by atoms with Crippen LogP contribution < -0.4 is 4.90 Å². The SMILES string of the molecule is COCCN(Cc1ccco1)c1snc(Cl)c1C#N. The first-order valence-corrected chi connectivity index (χ1v) is 6.73. The fourth-order valence-electron chi connectivity index (χ4n) is 1.62. The summed E-state index contributed by atoms with van der Waals surface area (Å²) in [6.45, 7) is 1.72. The van der Waals surface area contributed by atoms with Gasteiger partial charge in [0.1, 0.15) is 22.4 Å². The van der Waals surface area contributed by atoms with Crippen LogP contribution in [0.4, 0.5) is 5.00 Å². The molecule has 0 bridgehead atoms. The van der Waals surface area contributed by atoms with Crippen LogP contribution in [-0.2, 0) is 11.3 Å². The Morgan fingerprint density at radius 1 is 1.63 bits per heavy atom. The molecule has 5 nitrogen and oxygen atoms in total. The maximum absolute atomic E-state index is 9.14. The van der Waals surface area contributed by atoms with Crippen molar-refractivity contribution in [2.24, 2.45) is 0 Å². The van der Waals surface area contributed by atoms with Crippen LogP contribution in [0, 0.1) is 11.3 Å². The van der Waals surface area contributed by atoms with E-state index >= 15 is 0 Å². The standard InChI is InChI=1S/C12H12ClN3O2S/c1-17-6-4-16(8-9-3-2-5-18-9)12-10(7-14)11(13)15-19-12/h2-3,5H,4,6,8H2,1H3. The zero-order valence-corrected chi connectivity index (χ0v) is 11.9. The van der Waals surface area contributed by atoms with Gasteiger partial charge >= 0.3 is 0 Å². The van der Waals surface area contributed by atoms with Crippen LogP contribution >= 0.6 is 23.1 Å². The van der Waals surface area contributed by atoms with Gasteiger partial charge in [0, 0.05) is 13.7 Å². The van der Waals surface area contributed by atoms with Gasteiger partial charge < -0.3 is 14.1 Å². The van der Waals surface area contributed by atoms with Gasteiger partial charge in [-0.3, -0.25) is 0 Å². The number of hydrogen-bond acceptors (Lipinski definition) is 6. The lowest BCUT2D eigenvalue weighted by Gasteiger charge is -2.21. The average molecular weight is 298 g/mol. The van der Waals surface area contributed by atoms with E-state index in [1.807, 2.05) is 17.0 Å². The number of rotatable bonds is 6. The second kappa shape index (κ2) is 6.57. The molecule has 0 aliphatic rings. The van der Waals surface area contributed by atoms with E-state index in [4.69, 9.17) is 26.0 Å². The monoisotopic (exact) mass is 297 g/mol. The lowest BCUT2D eigenvalue weighted by molar-refractivity contribution is 0.204. The molecule has 0 amide bonds. The largest absolute Gasteiger partial charge is 0.467 e. The maximum atomic E-state index is 9.14. The van der Waals surface area contributed by atoms with Crippen LogP contribution in [-0.4, -0.2) is 24.6 Å². The first kappa shape index (κ1) is 13.9. The predicted octanol–water partition coefficient (Wildman–Crippen LogP) is 2.91. The molecule has 0 spiro atoms. The zero-order chi connectivity index (χ0) is 13.7. The predicted molar refractivity (Wildman–Crippen MR) is 73.5 cm³/mol. The third kappa shape index (κ3) is 3.26. The maximum Gasteiger partial charge on any atom is 0.162 e. The van der Waals surface area contributed by atoms with E-state index < -0.39 is 0 Å². The normalized spacial score (nSPS) is 10.4. The van der Waals surface area contributed by atoms with E-state index in [0.717, 1.165) is 10.8 Å². The fourth-order valence-corrected chi connectivity index (χ4v) is 2.67. The Kier molecular flexibility index (Phi) is 4.80. The summed E-state index contributed by atoms with van der Waals surface area (Å²) in [5.41, 5.74) is 0.398. The lowest BCUT2D eigenvalue weighted by atomic mass is 10.3. The summed E-state index contributed by atoms with van der Waals surface area (Å²) in [7, 11) is 1.63. The van der Waals surface area contributed by atoms with Gasteiger partial charge in [0.05, 0.1) is 19.4 Å². The molecule has 100 valence electrons. The van der Waals surface area contributed by atoms with Gasteiger partial charge in [0.15, 0.2) is 5.15 Å². The molecule has 0 aliphatic carbocycles. The number of methoxy groups -OCH3 is 1. The third-order valence-corrected chi connectivity index (χ3v) is 3.81. The molecular weight excluding hydrogens is 286 g/mol. The quantitative estimate of drug-likeness (QED) is 0.820. The van der Waals surface area contributed by atoms with Gasteiger partial charge in [-0.1, -0.05) is 11.6 Å². The molecule has 19 heavy (non-hydrogen) atoms. The molecule has 2 aromatic rings. The molecule has 2 heterocycles. The molecule has 0 fully saturated rings. The molecule has 0 saturated carbocycles. The van der Waals surface area contributed by atoms with Crippen molar-refractivity contribution in [3.8, 4) is 6.07 Å². The second-order valence-electron chi connectivity index (χ2n) is 3.76. The van der Waals surface area contributed by atoms with Crippen molar-refractivity contribution in [2.75, 3.05) is 25.2 Å². The Bertz CT molecular complexity index is 562. The summed E-state index contributed by atoms with van der Waals surface area (Å²) >= 11 is 7.11. The smallest absolute Gasteiger partial charge is 0.162 e. The molecule has 0 unspecified atom stereocenters. The molecule has 0 aromatic carbocycles. The van der Waals surface area contributed by atoms with Crippen LogP contribution in [0.2, 0.25) is 5.15 Å². The van der Waals surface area contributed by atoms with Crippen molar-refractivity contribution in [3.63, 3.8) is 0 Å². The van der Waals surface area contributed by atoms with Gasteiger partial charge in [-0.2, -0.15) is 9.64 Å². The van der Waals surface area contributed by atoms with Gasteiger partial charge in [0.25, 0.3) is 0 Å². The highest BCUT2D eigenvalue weighted by atomic mass is 35.5. The van der Waals surface area contributed by atoms with Crippen LogP contribution in [0.15, 0.2) is 22.8 Å². The Morgan fingerprint density at radius 3 is 3.11 bits per heavy atom. The van der Waals surface area contributed by atoms with E-state index in [-0.39, 0.29) is 5.15 Å². The minimum absolute atomic E-state index is 0.240. The minimum Gasteiger partial charge on any atom is -0.467 e. The van der Waals surface area contributed by atoms with Crippen LogP contribution in [0.1, 0.15) is 11.3 Å².